The third kappa shape index (κ3) is 4.94. The summed E-state index contributed by atoms with van der Waals surface area (Å²) in [6.07, 6.45) is 0. The van der Waals surface area contributed by atoms with Crippen molar-refractivity contribution in [2.24, 2.45) is 9.98 Å². The van der Waals surface area contributed by atoms with E-state index in [0.717, 1.165) is 54.8 Å². The van der Waals surface area contributed by atoms with Gasteiger partial charge in [-0.15, -0.1) is 0 Å². The number of aliphatic hydroxyl groups is 2. The van der Waals surface area contributed by atoms with Crippen LogP contribution in [-0.2, 0) is 0 Å². The minimum atomic E-state index is -0.360. The van der Waals surface area contributed by atoms with Crippen molar-refractivity contribution in [1.82, 2.24) is 9.97 Å². The molecule has 318 valence electrons. The number of nitrogens with one attached hydrogen (secondary N) is 2. The van der Waals surface area contributed by atoms with E-state index in [9.17, 15) is 29.4 Å². The van der Waals surface area contributed by atoms with Crippen LogP contribution in [0.25, 0.3) is 76.6 Å². The molecule has 2 aromatic heterocycles. The Morgan fingerprint density at radius 1 is 0.353 bits per heavy atom. The van der Waals surface area contributed by atoms with E-state index in [1.54, 1.807) is 109 Å². The molecule has 0 radical (unpaired) electrons. The SMILES string of the molecule is O=C1c2ccccc2C(=O)c2c1c(N=C(O)c1ccccc1)cc1c2[nH]c2c3cccc4c3c(cc12)-c1ccc2[nH]c3c5c(c(N=C(O)c6ccccc6)cc3c2c1-4)C(=O)c1ccccc1C5=O. The highest BCUT2D eigenvalue weighted by atomic mass is 16.3. The largest absolute Gasteiger partial charge is 0.493 e. The third-order valence-corrected chi connectivity index (χ3v) is 13.9. The Hall–Kier alpha value is -9.54. The number of nitrogens with zero attached hydrogens (tertiary/aromatic N) is 2. The van der Waals surface area contributed by atoms with Gasteiger partial charge in [0, 0.05) is 71.4 Å². The number of ketones is 4. The first-order valence-electron chi connectivity index (χ1n) is 22.0. The standard InChI is InChI=1S/C58H30N4O6/c63-53-30-16-7-9-18-32(30)55(65)48-46(53)41(60-57(67)27-12-3-1-4-13-27)25-38-37-24-36-29-22-23-40-45(44(29)34-20-11-21-35(43(34)36)50(37)62-51(38)48)39-26-42(61-58(68)28-14-5-2-6-15-28)47-49(52(39)59-40)56(66)33-19-10-8-17-31(33)54(47)64/h1-26,59,62H,(H,60,67)(H,61,68). The molecule has 0 aliphatic heterocycles. The van der Waals surface area contributed by atoms with Crippen LogP contribution in [0.4, 0.5) is 11.4 Å². The number of hydrogen-bond acceptors (Lipinski definition) is 6. The molecule has 9 aromatic carbocycles. The first kappa shape index (κ1) is 37.8. The van der Waals surface area contributed by atoms with Gasteiger partial charge >= 0.3 is 0 Å². The van der Waals surface area contributed by atoms with Crippen molar-refractivity contribution >= 4 is 101 Å². The zero-order valence-electron chi connectivity index (χ0n) is 35.4. The van der Waals surface area contributed by atoms with E-state index in [2.05, 4.69) is 32.1 Å². The van der Waals surface area contributed by atoms with Gasteiger partial charge in [-0.25, -0.2) is 9.98 Å². The van der Waals surface area contributed by atoms with Crippen molar-refractivity contribution in [1.29, 1.82) is 0 Å². The summed E-state index contributed by atoms with van der Waals surface area (Å²) in [6.45, 7) is 0. The predicted octanol–water partition coefficient (Wildman–Crippen LogP) is 12.6. The summed E-state index contributed by atoms with van der Waals surface area (Å²) in [4.78, 5) is 74.6. The molecule has 14 rings (SSSR count). The second kappa shape index (κ2) is 13.5. The van der Waals surface area contributed by atoms with Gasteiger partial charge in [-0.2, -0.15) is 0 Å². The Labute approximate surface area is 384 Å². The molecule has 11 aromatic rings. The quantitative estimate of drug-likeness (QED) is 0.101. The summed E-state index contributed by atoms with van der Waals surface area (Å²) in [5, 5.41) is 27.6. The van der Waals surface area contributed by atoms with E-state index in [0.29, 0.717) is 44.1 Å². The average molecular weight is 879 g/mol. The average Bonchev–Trinajstić information content (AvgIpc) is 4.05. The Kier molecular flexibility index (Phi) is 7.51. The summed E-state index contributed by atoms with van der Waals surface area (Å²) in [5.41, 5.74) is 9.19. The van der Waals surface area contributed by atoms with Gasteiger partial charge < -0.3 is 20.2 Å². The second-order valence-corrected chi connectivity index (χ2v) is 17.4. The molecular weight excluding hydrogens is 849 g/mol. The lowest BCUT2D eigenvalue weighted by atomic mass is 9.82. The molecule has 0 unspecified atom stereocenters. The van der Waals surface area contributed by atoms with Gasteiger partial charge in [0.2, 0.25) is 11.8 Å². The van der Waals surface area contributed by atoms with Gasteiger partial charge in [-0.3, -0.25) is 19.2 Å². The highest BCUT2D eigenvalue weighted by molar-refractivity contribution is 6.39. The number of hydrogen-bond donors (Lipinski definition) is 4. The predicted molar refractivity (Wildman–Crippen MR) is 264 cm³/mol. The lowest BCUT2D eigenvalue weighted by Crippen LogP contribution is -2.21. The van der Waals surface area contributed by atoms with Gasteiger partial charge in [0.1, 0.15) is 0 Å². The summed E-state index contributed by atoms with van der Waals surface area (Å²) < 4.78 is 0. The van der Waals surface area contributed by atoms with Crippen LogP contribution < -0.4 is 0 Å². The van der Waals surface area contributed by atoms with Gasteiger partial charge in [-0.1, -0.05) is 109 Å². The molecule has 10 nitrogen and oxygen atoms in total. The minimum absolute atomic E-state index is 0.116. The molecule has 4 N–H and O–H groups in total. The molecule has 0 fully saturated rings. The Morgan fingerprint density at radius 3 is 1.38 bits per heavy atom. The molecule has 3 aliphatic carbocycles. The number of aromatic amines is 2. The maximum absolute atomic E-state index is 14.6. The fourth-order valence-electron chi connectivity index (χ4n) is 10.9. The zero-order chi connectivity index (χ0) is 45.7. The van der Waals surface area contributed by atoms with Crippen molar-refractivity contribution in [3.63, 3.8) is 0 Å². The van der Waals surface area contributed by atoms with E-state index >= 15 is 0 Å². The molecule has 0 spiro atoms. The van der Waals surface area contributed by atoms with Crippen molar-refractivity contribution in [3.8, 4) is 22.3 Å². The number of aliphatic imine (C=N–C) groups is 2. The lowest BCUT2D eigenvalue weighted by molar-refractivity contribution is 0.0980. The molecule has 0 saturated heterocycles. The van der Waals surface area contributed by atoms with E-state index < -0.39 is 0 Å². The van der Waals surface area contributed by atoms with Crippen molar-refractivity contribution < 1.29 is 29.4 Å². The Balaban J connectivity index is 1.04. The number of carbonyl (C=O) groups excluding carboxylic acids is 4. The number of benzene rings is 9. The molecule has 0 bridgehead atoms. The second-order valence-electron chi connectivity index (χ2n) is 17.4. The van der Waals surface area contributed by atoms with E-state index in [1.807, 2.05) is 36.4 Å². The Morgan fingerprint density at radius 2 is 0.824 bits per heavy atom. The third-order valence-electron chi connectivity index (χ3n) is 13.9. The van der Waals surface area contributed by atoms with Crippen molar-refractivity contribution in [2.75, 3.05) is 0 Å². The van der Waals surface area contributed by atoms with E-state index in [1.165, 1.54) is 0 Å². The lowest BCUT2D eigenvalue weighted by Gasteiger charge is -2.20. The fraction of sp³-hybridized carbons (Fsp3) is 0. The van der Waals surface area contributed by atoms with E-state index in [-0.39, 0.29) is 79.7 Å². The number of aromatic nitrogens is 2. The minimum Gasteiger partial charge on any atom is -0.493 e. The summed E-state index contributed by atoms with van der Waals surface area (Å²) in [7, 11) is 0. The topological polar surface area (TPSA) is 165 Å². The maximum Gasteiger partial charge on any atom is 0.218 e. The van der Waals surface area contributed by atoms with Gasteiger partial charge in [-0.05, 0) is 70.6 Å². The van der Waals surface area contributed by atoms with Crippen LogP contribution in [0.2, 0.25) is 0 Å². The number of aliphatic hydroxyl groups excluding tert-OH is 2. The number of carbonyl (C=O) groups is 4. The van der Waals surface area contributed by atoms with Crippen LogP contribution in [0.1, 0.15) is 74.8 Å². The molecule has 0 amide bonds. The summed E-state index contributed by atoms with van der Waals surface area (Å²) >= 11 is 0. The van der Waals surface area contributed by atoms with Gasteiger partial charge in [0.15, 0.2) is 23.1 Å². The molecule has 2 heterocycles. The van der Waals surface area contributed by atoms with Crippen LogP contribution in [-0.4, -0.2) is 55.1 Å². The van der Waals surface area contributed by atoms with Crippen LogP contribution in [0.5, 0.6) is 0 Å². The fourth-order valence-corrected chi connectivity index (χ4v) is 10.9. The van der Waals surface area contributed by atoms with Gasteiger partial charge in [0.05, 0.1) is 50.2 Å². The first-order valence-corrected chi connectivity index (χ1v) is 22.0. The normalized spacial score (nSPS) is 14.0. The van der Waals surface area contributed by atoms with Crippen LogP contribution in [0.3, 0.4) is 0 Å². The highest BCUT2D eigenvalue weighted by Crippen LogP contribution is 2.55. The number of H-pyrrole nitrogens is 2. The van der Waals surface area contributed by atoms with Crippen LogP contribution in [0, 0.1) is 0 Å². The van der Waals surface area contributed by atoms with Crippen LogP contribution in [0.15, 0.2) is 168 Å². The number of fused-ring (bicyclic) bond motifs is 17. The molecule has 3 aliphatic rings. The van der Waals surface area contributed by atoms with Crippen molar-refractivity contribution in [2.45, 2.75) is 0 Å². The smallest absolute Gasteiger partial charge is 0.218 e. The monoisotopic (exact) mass is 878 g/mol. The summed E-state index contributed by atoms with van der Waals surface area (Å²) in [6, 6.07) is 47.0. The molecular formula is C58H30N4O6. The molecule has 10 heteroatoms. The first-order chi connectivity index (χ1) is 33.2. The van der Waals surface area contributed by atoms with Crippen LogP contribution >= 0.6 is 0 Å². The maximum atomic E-state index is 14.6. The van der Waals surface area contributed by atoms with E-state index in [4.69, 9.17) is 0 Å². The summed E-state index contributed by atoms with van der Waals surface area (Å²) in [5.74, 6) is -1.95. The Bertz CT molecular complexity index is 4290. The molecule has 0 saturated carbocycles. The van der Waals surface area contributed by atoms with Gasteiger partial charge in [0.25, 0.3) is 0 Å². The highest BCUT2D eigenvalue weighted by Gasteiger charge is 2.38. The number of rotatable bonds is 4. The zero-order valence-corrected chi connectivity index (χ0v) is 35.4. The molecule has 68 heavy (non-hydrogen) atoms. The molecule has 0 atom stereocenters. The van der Waals surface area contributed by atoms with Crippen molar-refractivity contribution in [3.05, 3.63) is 213 Å².